The van der Waals surface area contributed by atoms with Crippen LogP contribution < -0.4 is 4.72 Å². The van der Waals surface area contributed by atoms with Crippen molar-refractivity contribution in [3.63, 3.8) is 0 Å². The summed E-state index contributed by atoms with van der Waals surface area (Å²) >= 11 is 3.45. The van der Waals surface area contributed by atoms with Crippen LogP contribution in [-0.4, -0.2) is 8.42 Å². The summed E-state index contributed by atoms with van der Waals surface area (Å²) in [6, 6.07) is 12.6. The molecule has 2 rings (SSSR count). The minimum absolute atomic E-state index is 0.314. The molecule has 0 saturated carbocycles. The number of aryl methyl sites for hydroxylation is 2. The van der Waals surface area contributed by atoms with E-state index in [4.69, 9.17) is 0 Å². The van der Waals surface area contributed by atoms with Gasteiger partial charge in [-0.3, -0.25) is 0 Å². The molecule has 2 aromatic rings. The highest BCUT2D eigenvalue weighted by molar-refractivity contribution is 9.10. The third kappa shape index (κ3) is 3.73. The first kappa shape index (κ1) is 16.2. The summed E-state index contributed by atoms with van der Waals surface area (Å²) in [6.07, 6.45) is 0. The summed E-state index contributed by atoms with van der Waals surface area (Å²) in [5.41, 5.74) is 2.71. The highest BCUT2D eigenvalue weighted by atomic mass is 79.9. The average molecular weight is 368 g/mol. The van der Waals surface area contributed by atoms with E-state index >= 15 is 0 Å². The van der Waals surface area contributed by atoms with Crippen LogP contribution in [0.3, 0.4) is 0 Å². The number of nitrogens with one attached hydrogen (secondary N) is 1. The van der Waals surface area contributed by atoms with E-state index in [9.17, 15) is 8.42 Å². The molecule has 0 fully saturated rings. The van der Waals surface area contributed by atoms with Crippen LogP contribution >= 0.6 is 15.9 Å². The fraction of sp³-hybridized carbons (Fsp3) is 0.250. The van der Waals surface area contributed by atoms with E-state index in [-0.39, 0.29) is 6.04 Å². The van der Waals surface area contributed by atoms with Crippen LogP contribution in [0.1, 0.15) is 29.7 Å². The molecular weight excluding hydrogens is 350 g/mol. The lowest BCUT2D eigenvalue weighted by Gasteiger charge is -2.17. The average Bonchev–Trinajstić information content (AvgIpc) is 2.37. The van der Waals surface area contributed by atoms with Crippen molar-refractivity contribution in [1.29, 1.82) is 0 Å². The molecule has 0 radical (unpaired) electrons. The van der Waals surface area contributed by atoms with Gasteiger partial charge >= 0.3 is 0 Å². The van der Waals surface area contributed by atoms with Gasteiger partial charge in [0.05, 0.1) is 4.90 Å². The van der Waals surface area contributed by atoms with Crippen molar-refractivity contribution in [3.05, 3.63) is 63.6 Å². The van der Waals surface area contributed by atoms with Gasteiger partial charge in [0.15, 0.2) is 0 Å². The molecule has 0 aliphatic heterocycles. The molecule has 2 aromatic carbocycles. The number of halogens is 1. The second-order valence-electron chi connectivity index (χ2n) is 5.13. The Hall–Kier alpha value is -1.17. The molecule has 112 valence electrons. The Balaban J connectivity index is 2.31. The zero-order valence-electron chi connectivity index (χ0n) is 12.2. The Morgan fingerprint density at radius 1 is 1.10 bits per heavy atom. The standard InChI is InChI=1S/C16H18BrNO2S/c1-11-8-9-16(12(2)10-11)21(19,20)18-13(3)14-6-4-5-7-15(14)17/h4-10,13,18H,1-3H3/t13-/m1/s1. The molecule has 0 amide bonds. The highest BCUT2D eigenvalue weighted by Crippen LogP contribution is 2.25. The van der Waals surface area contributed by atoms with Crippen LogP contribution in [0.4, 0.5) is 0 Å². The molecule has 3 nitrogen and oxygen atoms in total. The summed E-state index contributed by atoms with van der Waals surface area (Å²) in [6.45, 7) is 5.59. The van der Waals surface area contributed by atoms with Crippen LogP contribution in [0.25, 0.3) is 0 Å². The molecule has 0 saturated heterocycles. The second-order valence-corrected chi connectivity index (χ2v) is 7.67. The predicted octanol–water partition coefficient (Wildman–Crippen LogP) is 4.11. The summed E-state index contributed by atoms with van der Waals surface area (Å²) in [4.78, 5) is 0.326. The van der Waals surface area contributed by atoms with Gasteiger partial charge in [0.2, 0.25) is 10.0 Å². The van der Waals surface area contributed by atoms with Crippen molar-refractivity contribution in [2.75, 3.05) is 0 Å². The molecule has 0 heterocycles. The fourth-order valence-electron chi connectivity index (χ4n) is 2.29. The maximum Gasteiger partial charge on any atom is 0.241 e. The largest absolute Gasteiger partial charge is 0.241 e. The van der Waals surface area contributed by atoms with Crippen molar-refractivity contribution >= 4 is 26.0 Å². The van der Waals surface area contributed by atoms with Crippen LogP contribution in [0, 0.1) is 13.8 Å². The van der Waals surface area contributed by atoms with E-state index < -0.39 is 10.0 Å². The quantitative estimate of drug-likeness (QED) is 0.883. The van der Waals surface area contributed by atoms with Crippen LogP contribution in [0.5, 0.6) is 0 Å². The monoisotopic (exact) mass is 367 g/mol. The van der Waals surface area contributed by atoms with Gasteiger partial charge in [-0.25, -0.2) is 13.1 Å². The Kier molecular flexibility index (Phi) is 4.86. The first-order chi connectivity index (χ1) is 9.81. The van der Waals surface area contributed by atoms with Gasteiger partial charge in [-0.05, 0) is 44.0 Å². The first-order valence-corrected chi connectivity index (χ1v) is 8.93. The van der Waals surface area contributed by atoms with Crippen molar-refractivity contribution in [2.24, 2.45) is 0 Å². The van der Waals surface area contributed by atoms with Gasteiger partial charge in [0.1, 0.15) is 0 Å². The lowest BCUT2D eigenvalue weighted by atomic mass is 10.1. The van der Waals surface area contributed by atoms with E-state index in [0.29, 0.717) is 4.90 Å². The van der Waals surface area contributed by atoms with Crippen molar-refractivity contribution < 1.29 is 8.42 Å². The van der Waals surface area contributed by atoms with E-state index in [0.717, 1.165) is 21.2 Å². The van der Waals surface area contributed by atoms with E-state index in [1.165, 1.54) is 0 Å². The van der Waals surface area contributed by atoms with E-state index in [1.807, 2.05) is 57.2 Å². The number of sulfonamides is 1. The molecule has 1 N–H and O–H groups in total. The normalized spacial score (nSPS) is 13.1. The fourth-order valence-corrected chi connectivity index (χ4v) is 4.36. The molecule has 0 aliphatic carbocycles. The van der Waals surface area contributed by atoms with E-state index in [1.54, 1.807) is 6.07 Å². The van der Waals surface area contributed by atoms with Gasteiger partial charge in [-0.1, -0.05) is 51.8 Å². The molecule has 0 spiro atoms. The second kappa shape index (κ2) is 6.30. The van der Waals surface area contributed by atoms with Crippen LogP contribution in [0.2, 0.25) is 0 Å². The van der Waals surface area contributed by atoms with Crippen LogP contribution in [0.15, 0.2) is 51.8 Å². The van der Waals surface area contributed by atoms with Gasteiger partial charge in [-0.2, -0.15) is 0 Å². The zero-order chi connectivity index (χ0) is 15.6. The van der Waals surface area contributed by atoms with Gasteiger partial charge < -0.3 is 0 Å². The SMILES string of the molecule is Cc1ccc(S(=O)(=O)N[C@H](C)c2ccccc2Br)c(C)c1. The predicted molar refractivity (Wildman–Crippen MR) is 88.8 cm³/mol. The highest BCUT2D eigenvalue weighted by Gasteiger charge is 2.21. The first-order valence-electron chi connectivity index (χ1n) is 6.65. The topological polar surface area (TPSA) is 46.2 Å². The summed E-state index contributed by atoms with van der Waals surface area (Å²) in [5.74, 6) is 0. The van der Waals surface area contributed by atoms with Crippen molar-refractivity contribution in [1.82, 2.24) is 4.72 Å². The molecule has 0 aliphatic rings. The van der Waals surface area contributed by atoms with Gasteiger partial charge in [0.25, 0.3) is 0 Å². The maximum atomic E-state index is 12.5. The Bertz CT molecular complexity index is 757. The summed E-state index contributed by atoms with van der Waals surface area (Å²) < 4.78 is 28.7. The molecular formula is C16H18BrNO2S. The molecule has 0 unspecified atom stereocenters. The number of rotatable bonds is 4. The lowest BCUT2D eigenvalue weighted by Crippen LogP contribution is -2.27. The third-order valence-electron chi connectivity index (χ3n) is 3.32. The van der Waals surface area contributed by atoms with Crippen molar-refractivity contribution in [2.45, 2.75) is 31.7 Å². The molecule has 0 bridgehead atoms. The minimum Gasteiger partial charge on any atom is -0.207 e. The zero-order valence-corrected chi connectivity index (χ0v) is 14.6. The van der Waals surface area contributed by atoms with E-state index in [2.05, 4.69) is 20.7 Å². The molecule has 0 aromatic heterocycles. The Labute approximate surface area is 134 Å². The Morgan fingerprint density at radius 3 is 2.38 bits per heavy atom. The number of hydrogen-bond donors (Lipinski definition) is 1. The lowest BCUT2D eigenvalue weighted by molar-refractivity contribution is 0.566. The van der Waals surface area contributed by atoms with Crippen LogP contribution in [-0.2, 0) is 10.0 Å². The number of hydrogen-bond acceptors (Lipinski definition) is 2. The molecule has 21 heavy (non-hydrogen) atoms. The third-order valence-corrected chi connectivity index (χ3v) is 5.75. The number of benzene rings is 2. The van der Waals surface area contributed by atoms with Gasteiger partial charge in [-0.15, -0.1) is 0 Å². The van der Waals surface area contributed by atoms with Crippen molar-refractivity contribution in [3.8, 4) is 0 Å². The minimum atomic E-state index is -3.54. The smallest absolute Gasteiger partial charge is 0.207 e. The maximum absolute atomic E-state index is 12.5. The molecule has 1 atom stereocenters. The molecule has 5 heteroatoms. The van der Waals surface area contributed by atoms with Gasteiger partial charge in [0, 0.05) is 10.5 Å². The summed E-state index contributed by atoms with van der Waals surface area (Å²) in [7, 11) is -3.54. The summed E-state index contributed by atoms with van der Waals surface area (Å²) in [5, 5.41) is 0. The Morgan fingerprint density at radius 2 is 1.76 bits per heavy atom.